The van der Waals surface area contributed by atoms with Crippen LogP contribution in [0.5, 0.6) is 0 Å². The Morgan fingerprint density at radius 1 is 0.833 bits per heavy atom. The maximum absolute atomic E-state index is 5.40. The van der Waals surface area contributed by atoms with Crippen LogP contribution in [-0.2, 0) is 33.3 Å². The number of hydrogen-bond donors (Lipinski definition) is 0. The van der Waals surface area contributed by atoms with Crippen molar-refractivity contribution in [2.45, 2.75) is 20.8 Å². The van der Waals surface area contributed by atoms with Crippen LogP contribution in [0.2, 0.25) is 0 Å². The molecule has 0 saturated carbocycles. The minimum absolute atomic E-state index is 0.573. The standard InChI is InChI=1S/3C2H5O.CH3O.Zr/c3*1-2-3;1-2;/h3*2H2,1H3;1H3;/q4*-1;+4. The molecule has 0 heterocycles. The summed E-state index contributed by atoms with van der Waals surface area (Å²) in [5, 5.41) is 0. The van der Waals surface area contributed by atoms with Crippen LogP contribution in [0.15, 0.2) is 0 Å². The van der Waals surface area contributed by atoms with Gasteiger partial charge in [0.1, 0.15) is 0 Å². The molecule has 74 valence electrons. The second kappa shape index (κ2) is 7.16. The van der Waals surface area contributed by atoms with Gasteiger partial charge in [0.05, 0.1) is 0 Å². The van der Waals surface area contributed by atoms with Gasteiger partial charge >= 0.3 is 81.0 Å². The van der Waals surface area contributed by atoms with Gasteiger partial charge in [-0.05, 0) is 0 Å². The van der Waals surface area contributed by atoms with Crippen molar-refractivity contribution in [2.75, 3.05) is 26.9 Å². The van der Waals surface area contributed by atoms with Crippen molar-refractivity contribution in [1.29, 1.82) is 0 Å². The Balaban J connectivity index is 4.06. The Morgan fingerprint density at radius 3 is 1.33 bits per heavy atom. The van der Waals surface area contributed by atoms with E-state index in [2.05, 4.69) is 0 Å². The maximum atomic E-state index is 5.40. The average molecular weight is 257 g/mol. The summed E-state index contributed by atoms with van der Waals surface area (Å²) in [6, 6.07) is 0. The molecular weight excluding hydrogens is 239 g/mol. The molecule has 0 fully saturated rings. The van der Waals surface area contributed by atoms with Gasteiger partial charge in [-0.3, -0.25) is 0 Å². The van der Waals surface area contributed by atoms with Crippen molar-refractivity contribution < 1.29 is 33.3 Å². The van der Waals surface area contributed by atoms with Crippen molar-refractivity contribution in [3.8, 4) is 0 Å². The van der Waals surface area contributed by atoms with Crippen LogP contribution in [0.3, 0.4) is 0 Å². The van der Waals surface area contributed by atoms with E-state index in [0.717, 1.165) is 0 Å². The summed E-state index contributed by atoms with van der Waals surface area (Å²) in [5.41, 5.74) is 0. The molecule has 5 heteroatoms. The van der Waals surface area contributed by atoms with E-state index in [9.17, 15) is 0 Å². The van der Waals surface area contributed by atoms with Gasteiger partial charge in [0, 0.05) is 0 Å². The van der Waals surface area contributed by atoms with E-state index in [1.807, 2.05) is 20.8 Å². The molecule has 0 saturated heterocycles. The van der Waals surface area contributed by atoms with Gasteiger partial charge in [0.25, 0.3) is 0 Å². The average Bonchev–Trinajstić information content (AvgIpc) is 2.06. The summed E-state index contributed by atoms with van der Waals surface area (Å²) < 4.78 is 21.4. The Labute approximate surface area is 81.0 Å². The van der Waals surface area contributed by atoms with Gasteiger partial charge in [-0.2, -0.15) is 0 Å². The minimum atomic E-state index is -3.52. The second-order valence-corrected chi connectivity index (χ2v) is 7.59. The Kier molecular flexibility index (Phi) is 7.59. The third kappa shape index (κ3) is 4.10. The fourth-order valence-electron chi connectivity index (χ4n) is 0.832. The first-order valence-corrected chi connectivity index (χ1v) is 8.23. The molecule has 0 atom stereocenters. The zero-order chi connectivity index (χ0) is 9.45. The molecule has 0 aliphatic rings. The summed E-state index contributed by atoms with van der Waals surface area (Å²) >= 11 is -3.52. The summed E-state index contributed by atoms with van der Waals surface area (Å²) in [5.74, 6) is 0. The normalized spacial score (nSPS) is 12.0. The van der Waals surface area contributed by atoms with Crippen molar-refractivity contribution in [2.24, 2.45) is 0 Å². The molecule has 0 N–H and O–H groups in total. The summed E-state index contributed by atoms with van der Waals surface area (Å²) in [6.07, 6.45) is 0. The van der Waals surface area contributed by atoms with Crippen LogP contribution in [0.1, 0.15) is 20.8 Å². The van der Waals surface area contributed by atoms with E-state index < -0.39 is 22.0 Å². The molecule has 0 rings (SSSR count). The molecular formula is C7H18O4Zr. The van der Waals surface area contributed by atoms with E-state index in [4.69, 9.17) is 11.3 Å². The number of hydrogen-bond acceptors (Lipinski definition) is 4. The summed E-state index contributed by atoms with van der Waals surface area (Å²) in [6.45, 7) is 7.44. The van der Waals surface area contributed by atoms with Crippen LogP contribution >= 0.6 is 0 Å². The van der Waals surface area contributed by atoms with Gasteiger partial charge in [0.15, 0.2) is 0 Å². The number of rotatable bonds is 7. The topological polar surface area (TPSA) is 36.9 Å². The fourth-order valence-corrected chi connectivity index (χ4v) is 4.92. The van der Waals surface area contributed by atoms with Gasteiger partial charge in [-0.15, -0.1) is 0 Å². The quantitative estimate of drug-likeness (QED) is 0.693. The van der Waals surface area contributed by atoms with E-state index in [0.29, 0.717) is 19.8 Å². The van der Waals surface area contributed by atoms with Crippen LogP contribution in [0.25, 0.3) is 0 Å². The van der Waals surface area contributed by atoms with Gasteiger partial charge in [0.2, 0.25) is 0 Å². The molecule has 0 aliphatic heterocycles. The van der Waals surface area contributed by atoms with E-state index in [1.54, 1.807) is 7.11 Å². The molecule has 0 bridgehead atoms. The van der Waals surface area contributed by atoms with E-state index >= 15 is 0 Å². The van der Waals surface area contributed by atoms with Crippen LogP contribution in [0, 0.1) is 0 Å². The molecule has 0 spiro atoms. The second-order valence-electron chi connectivity index (χ2n) is 2.00. The van der Waals surface area contributed by atoms with Crippen LogP contribution in [0.4, 0.5) is 0 Å². The zero-order valence-corrected chi connectivity index (χ0v) is 10.7. The molecule has 4 nitrogen and oxygen atoms in total. The predicted octanol–water partition coefficient (Wildman–Crippen LogP) is 1.56. The molecule has 0 aromatic carbocycles. The van der Waals surface area contributed by atoms with Crippen molar-refractivity contribution in [3.63, 3.8) is 0 Å². The molecule has 0 unspecified atom stereocenters. The summed E-state index contributed by atoms with van der Waals surface area (Å²) in [4.78, 5) is 0. The summed E-state index contributed by atoms with van der Waals surface area (Å²) in [7, 11) is 1.58. The zero-order valence-electron chi connectivity index (χ0n) is 8.25. The Bertz CT molecular complexity index is 92.6. The molecule has 0 aromatic heterocycles. The third-order valence-corrected chi connectivity index (χ3v) is 7.18. The van der Waals surface area contributed by atoms with Crippen molar-refractivity contribution in [3.05, 3.63) is 0 Å². The SMILES string of the molecule is CC[O][Zr]([O]C)([O]CC)[O]CC. The van der Waals surface area contributed by atoms with Crippen LogP contribution < -0.4 is 0 Å². The first-order chi connectivity index (χ1) is 5.74. The van der Waals surface area contributed by atoms with Gasteiger partial charge < -0.3 is 0 Å². The molecule has 0 radical (unpaired) electrons. The fraction of sp³-hybridized carbons (Fsp3) is 1.00. The molecule has 0 aromatic rings. The van der Waals surface area contributed by atoms with Crippen LogP contribution in [-0.4, -0.2) is 26.9 Å². The molecule has 12 heavy (non-hydrogen) atoms. The van der Waals surface area contributed by atoms with Gasteiger partial charge in [-0.1, -0.05) is 0 Å². The first-order valence-electron chi connectivity index (χ1n) is 4.21. The van der Waals surface area contributed by atoms with E-state index in [-0.39, 0.29) is 0 Å². The van der Waals surface area contributed by atoms with Crippen molar-refractivity contribution in [1.82, 2.24) is 0 Å². The molecule has 0 aliphatic carbocycles. The van der Waals surface area contributed by atoms with Gasteiger partial charge in [-0.25, -0.2) is 0 Å². The van der Waals surface area contributed by atoms with Crippen molar-refractivity contribution >= 4 is 0 Å². The Morgan fingerprint density at radius 2 is 1.17 bits per heavy atom. The Hall–Kier alpha value is 0.723. The first kappa shape index (κ1) is 12.7. The van der Waals surface area contributed by atoms with E-state index in [1.165, 1.54) is 0 Å². The third-order valence-electron chi connectivity index (χ3n) is 1.21. The monoisotopic (exact) mass is 256 g/mol. The molecule has 0 amide bonds. The predicted molar refractivity (Wildman–Crippen MR) is 41.9 cm³/mol.